The van der Waals surface area contributed by atoms with Crippen LogP contribution in [0.1, 0.15) is 26.2 Å². The summed E-state index contributed by atoms with van der Waals surface area (Å²) in [6.45, 7) is 5.57. The number of benzene rings is 1. The highest BCUT2D eigenvalue weighted by Gasteiger charge is 2.58. The van der Waals surface area contributed by atoms with E-state index in [2.05, 4.69) is 45.2 Å². The Bertz CT molecular complexity index is 814. The van der Waals surface area contributed by atoms with Crippen molar-refractivity contribution in [2.75, 3.05) is 38.0 Å². The van der Waals surface area contributed by atoms with Crippen molar-refractivity contribution in [3.05, 3.63) is 42.5 Å². The number of carbonyl (C=O) groups excluding carboxylic acids is 2. The van der Waals surface area contributed by atoms with E-state index in [1.165, 1.54) is 4.90 Å². The third-order valence-corrected chi connectivity index (χ3v) is 6.46. The van der Waals surface area contributed by atoms with Gasteiger partial charge in [0.1, 0.15) is 0 Å². The van der Waals surface area contributed by atoms with E-state index in [-0.39, 0.29) is 59.5 Å². The number of para-hydroxylation sites is 1. The molecule has 0 aromatic heterocycles. The zero-order valence-electron chi connectivity index (χ0n) is 18.6. The first kappa shape index (κ1) is 24.5. The summed E-state index contributed by atoms with van der Waals surface area (Å²) in [5.41, 5.74) is 1.13. The van der Waals surface area contributed by atoms with E-state index < -0.39 is 0 Å². The Morgan fingerprint density at radius 1 is 1.00 bits per heavy atom. The number of likely N-dealkylation sites (tertiary alicyclic amines) is 1. The van der Waals surface area contributed by atoms with Gasteiger partial charge in [-0.1, -0.05) is 30.4 Å². The number of amides is 2. The Kier molecular flexibility index (Phi) is 8.95. The molecule has 4 unspecified atom stereocenters. The van der Waals surface area contributed by atoms with Crippen LogP contribution in [-0.4, -0.2) is 55.4 Å². The molecule has 3 N–H and O–H groups in total. The number of nitrogens with one attached hydrogen (secondary N) is 3. The van der Waals surface area contributed by atoms with Crippen molar-refractivity contribution < 1.29 is 9.59 Å². The van der Waals surface area contributed by atoms with Gasteiger partial charge in [0.2, 0.25) is 11.8 Å². The first-order valence-corrected chi connectivity index (χ1v) is 11.5. The molecule has 1 heterocycles. The zero-order chi connectivity index (χ0) is 21.6. The van der Waals surface area contributed by atoms with E-state index >= 15 is 0 Å². The van der Waals surface area contributed by atoms with E-state index in [0.29, 0.717) is 19.5 Å². The van der Waals surface area contributed by atoms with Gasteiger partial charge in [0.05, 0.1) is 11.8 Å². The van der Waals surface area contributed by atoms with E-state index in [1.54, 1.807) is 0 Å². The van der Waals surface area contributed by atoms with Gasteiger partial charge >= 0.3 is 0 Å². The van der Waals surface area contributed by atoms with Gasteiger partial charge < -0.3 is 16.0 Å². The van der Waals surface area contributed by atoms with Crippen LogP contribution >= 0.6 is 24.0 Å². The van der Waals surface area contributed by atoms with Crippen molar-refractivity contribution in [3.8, 4) is 0 Å². The number of allylic oxidation sites excluding steroid dienone is 2. The van der Waals surface area contributed by atoms with Crippen molar-refractivity contribution in [1.29, 1.82) is 0 Å². The fourth-order valence-corrected chi connectivity index (χ4v) is 5.03. The van der Waals surface area contributed by atoms with Crippen molar-refractivity contribution in [3.63, 3.8) is 0 Å². The highest BCUT2D eigenvalue weighted by molar-refractivity contribution is 14.0. The number of aliphatic imine (C=N–C) groups is 1. The van der Waals surface area contributed by atoms with Crippen LogP contribution in [0.5, 0.6) is 0 Å². The second kappa shape index (κ2) is 11.7. The van der Waals surface area contributed by atoms with Gasteiger partial charge in [0.15, 0.2) is 5.96 Å². The minimum absolute atomic E-state index is 0. The SMILES string of the molecule is CCNC(=NCCCN1C(=O)C2C3C=CC(C3)C2C1=O)NCCCNc1ccccc1.I. The Hall–Kier alpha value is -2.10. The summed E-state index contributed by atoms with van der Waals surface area (Å²) >= 11 is 0. The molecule has 7 nitrogen and oxygen atoms in total. The lowest BCUT2D eigenvalue weighted by molar-refractivity contribution is -0.140. The first-order valence-electron chi connectivity index (χ1n) is 11.5. The zero-order valence-corrected chi connectivity index (χ0v) is 21.0. The summed E-state index contributed by atoms with van der Waals surface area (Å²) in [4.78, 5) is 31.6. The number of carbonyl (C=O) groups is 2. The number of hydrogen-bond acceptors (Lipinski definition) is 4. The molecule has 1 aromatic carbocycles. The standard InChI is InChI=1S/C24H33N5O2.HI/c1-2-25-24(27-13-6-12-26-19-8-4-3-5-9-19)28-14-7-15-29-22(30)20-17-10-11-18(16-17)21(20)23(29)31;/h3-5,8-11,17-18,20-21,26H,2,6-7,12-16H2,1H3,(H2,25,27,28);1H. The minimum Gasteiger partial charge on any atom is -0.385 e. The molecule has 1 saturated carbocycles. The van der Waals surface area contributed by atoms with Crippen LogP contribution in [0.3, 0.4) is 0 Å². The molecule has 1 saturated heterocycles. The first-order chi connectivity index (χ1) is 15.2. The molecule has 2 amide bonds. The smallest absolute Gasteiger partial charge is 0.233 e. The monoisotopic (exact) mass is 551 g/mol. The van der Waals surface area contributed by atoms with Gasteiger partial charge in [-0.15, -0.1) is 24.0 Å². The summed E-state index contributed by atoms with van der Waals surface area (Å²) in [5.74, 6) is 1.19. The summed E-state index contributed by atoms with van der Waals surface area (Å²) in [5, 5.41) is 10.00. The molecule has 4 atom stereocenters. The Labute approximate surface area is 207 Å². The third-order valence-electron chi connectivity index (χ3n) is 6.46. The summed E-state index contributed by atoms with van der Waals surface area (Å²) in [6.07, 6.45) is 6.90. The van der Waals surface area contributed by atoms with Gasteiger partial charge in [-0.2, -0.15) is 0 Å². The van der Waals surface area contributed by atoms with Crippen LogP contribution < -0.4 is 16.0 Å². The number of imide groups is 1. The number of guanidine groups is 1. The summed E-state index contributed by atoms with van der Waals surface area (Å²) < 4.78 is 0. The fourth-order valence-electron chi connectivity index (χ4n) is 5.03. The van der Waals surface area contributed by atoms with Crippen molar-refractivity contribution in [2.45, 2.75) is 26.2 Å². The highest BCUT2D eigenvalue weighted by atomic mass is 127. The lowest BCUT2D eigenvalue weighted by Gasteiger charge is -2.17. The molecule has 4 rings (SSSR count). The second-order valence-corrected chi connectivity index (χ2v) is 8.52. The van der Waals surface area contributed by atoms with Crippen LogP contribution in [0, 0.1) is 23.7 Å². The highest BCUT2D eigenvalue weighted by Crippen LogP contribution is 2.52. The van der Waals surface area contributed by atoms with Gasteiger partial charge in [-0.05, 0) is 50.2 Å². The molecule has 174 valence electrons. The summed E-state index contributed by atoms with van der Waals surface area (Å²) in [6, 6.07) is 10.2. The van der Waals surface area contributed by atoms with E-state index in [4.69, 9.17) is 0 Å². The Morgan fingerprint density at radius 2 is 1.69 bits per heavy atom. The number of hydrogen-bond donors (Lipinski definition) is 3. The molecular formula is C24H34IN5O2. The van der Waals surface area contributed by atoms with Gasteiger partial charge in [-0.3, -0.25) is 19.5 Å². The molecule has 0 radical (unpaired) electrons. The molecule has 2 aliphatic carbocycles. The third kappa shape index (κ3) is 5.44. The Morgan fingerprint density at radius 3 is 2.34 bits per heavy atom. The molecule has 1 aliphatic heterocycles. The van der Waals surface area contributed by atoms with Crippen LogP contribution in [0.4, 0.5) is 5.69 Å². The van der Waals surface area contributed by atoms with Gasteiger partial charge in [0, 0.05) is 38.4 Å². The van der Waals surface area contributed by atoms with Crippen molar-refractivity contribution >= 4 is 47.4 Å². The van der Waals surface area contributed by atoms with E-state index in [0.717, 1.165) is 44.1 Å². The maximum Gasteiger partial charge on any atom is 0.233 e. The van der Waals surface area contributed by atoms with Crippen LogP contribution in [0.25, 0.3) is 0 Å². The normalized spacial score (nSPS) is 25.7. The number of fused-ring (bicyclic) bond motifs is 5. The number of anilines is 1. The fraction of sp³-hybridized carbons (Fsp3) is 0.542. The lowest BCUT2D eigenvalue weighted by atomic mass is 9.85. The molecule has 8 heteroatoms. The molecule has 3 aliphatic rings. The quantitative estimate of drug-likeness (QED) is 0.104. The Balaban J connectivity index is 0.00000289. The molecule has 2 fully saturated rings. The number of halogens is 1. The molecule has 1 aromatic rings. The molecule has 0 spiro atoms. The largest absolute Gasteiger partial charge is 0.385 e. The van der Waals surface area contributed by atoms with Gasteiger partial charge in [-0.25, -0.2) is 0 Å². The van der Waals surface area contributed by atoms with Crippen LogP contribution in [0.15, 0.2) is 47.5 Å². The van der Waals surface area contributed by atoms with Crippen molar-refractivity contribution in [2.24, 2.45) is 28.7 Å². The maximum absolute atomic E-state index is 12.7. The van der Waals surface area contributed by atoms with Crippen LogP contribution in [0.2, 0.25) is 0 Å². The molecule has 32 heavy (non-hydrogen) atoms. The maximum atomic E-state index is 12.7. The predicted molar refractivity (Wildman–Crippen MR) is 138 cm³/mol. The second-order valence-electron chi connectivity index (χ2n) is 8.52. The minimum atomic E-state index is -0.102. The molecular weight excluding hydrogens is 517 g/mol. The lowest BCUT2D eigenvalue weighted by Crippen LogP contribution is -2.38. The van der Waals surface area contributed by atoms with E-state index in [9.17, 15) is 9.59 Å². The summed E-state index contributed by atoms with van der Waals surface area (Å²) in [7, 11) is 0. The number of rotatable bonds is 10. The van der Waals surface area contributed by atoms with Gasteiger partial charge in [0.25, 0.3) is 0 Å². The van der Waals surface area contributed by atoms with Crippen molar-refractivity contribution in [1.82, 2.24) is 15.5 Å². The number of nitrogens with zero attached hydrogens (tertiary/aromatic N) is 2. The van der Waals surface area contributed by atoms with E-state index in [1.807, 2.05) is 25.1 Å². The predicted octanol–water partition coefficient (Wildman–Crippen LogP) is 2.86. The average Bonchev–Trinajstić information content (AvgIpc) is 3.46. The topological polar surface area (TPSA) is 85.8 Å². The average molecular weight is 551 g/mol. The molecule has 2 bridgehead atoms. The van der Waals surface area contributed by atoms with Crippen LogP contribution in [-0.2, 0) is 9.59 Å².